The Balaban J connectivity index is 2.15. The van der Waals surface area contributed by atoms with Gasteiger partial charge in [-0.15, -0.1) is 0 Å². The number of carboxylic acids is 1. The summed E-state index contributed by atoms with van der Waals surface area (Å²) in [6, 6.07) is 11.2. The van der Waals surface area contributed by atoms with Crippen LogP contribution in [0.1, 0.15) is 24.8 Å². The van der Waals surface area contributed by atoms with Gasteiger partial charge in [-0.05, 0) is 54.2 Å². The fourth-order valence-corrected chi connectivity index (χ4v) is 3.92. The number of benzene rings is 2. The van der Waals surface area contributed by atoms with Crippen molar-refractivity contribution in [2.24, 2.45) is 0 Å². The molecule has 0 spiro atoms. The Hall–Kier alpha value is -2.49. The molecule has 34 heavy (non-hydrogen) atoms. The average Bonchev–Trinajstić information content (AvgIpc) is 2.77. The smallest absolute Gasteiger partial charge is 0.303 e. The minimum absolute atomic E-state index is 0.0593. The minimum Gasteiger partial charge on any atom is -0.481 e. The summed E-state index contributed by atoms with van der Waals surface area (Å²) >= 11 is 12.1. The lowest BCUT2D eigenvalue weighted by Crippen LogP contribution is -2.50. The van der Waals surface area contributed by atoms with Crippen LogP contribution in [-0.4, -0.2) is 64.9 Å². The molecule has 0 aliphatic rings. The quantitative estimate of drug-likeness (QED) is 0.324. The summed E-state index contributed by atoms with van der Waals surface area (Å²) in [4.78, 5) is 35.6. The topological polar surface area (TPSA) is 133 Å². The van der Waals surface area contributed by atoms with Crippen LogP contribution >= 0.6 is 23.2 Å². The molecule has 2 aromatic carbocycles. The van der Waals surface area contributed by atoms with Crippen LogP contribution in [0.15, 0.2) is 42.5 Å². The Morgan fingerprint density at radius 2 is 1.62 bits per heavy atom. The number of nitrogens with one attached hydrogen (secondary N) is 1. The van der Waals surface area contributed by atoms with Gasteiger partial charge in [0.25, 0.3) is 0 Å². The molecule has 0 saturated carbocycles. The Labute approximate surface area is 207 Å². The van der Waals surface area contributed by atoms with Crippen LogP contribution in [-0.2, 0) is 25.5 Å². The number of hydrogen-bond donors (Lipinski definition) is 4. The number of carbonyl (C=O) groups is 3. The van der Waals surface area contributed by atoms with Crippen molar-refractivity contribution >= 4 is 40.9 Å². The van der Waals surface area contributed by atoms with E-state index in [1.54, 1.807) is 30.3 Å². The molecule has 4 N–H and O–H groups in total. The van der Waals surface area contributed by atoms with Gasteiger partial charge in [-0.1, -0.05) is 47.5 Å². The predicted molar refractivity (Wildman–Crippen MR) is 128 cm³/mol. The lowest BCUT2D eigenvalue weighted by atomic mass is 9.94. The fraction of sp³-hybridized carbons (Fsp3) is 0.375. The van der Waals surface area contributed by atoms with E-state index in [4.69, 9.17) is 33.0 Å². The van der Waals surface area contributed by atoms with Crippen molar-refractivity contribution in [3.05, 3.63) is 58.1 Å². The summed E-state index contributed by atoms with van der Waals surface area (Å²) in [6.07, 6.45) is -3.36. The van der Waals surface area contributed by atoms with Crippen LogP contribution in [0.3, 0.4) is 0 Å². The van der Waals surface area contributed by atoms with Crippen LogP contribution in [0.5, 0.6) is 0 Å². The van der Waals surface area contributed by atoms with Gasteiger partial charge in [-0.3, -0.25) is 14.4 Å². The Morgan fingerprint density at radius 3 is 2.18 bits per heavy atom. The SMILES string of the molecule is COCC(=O)NC(Cc1ccc(-c2cc(Cl)cc(Cl)c2)cc1)C(=O)C(O)C(O)CCCC(=O)O. The van der Waals surface area contributed by atoms with Gasteiger partial charge in [0.05, 0.1) is 12.1 Å². The summed E-state index contributed by atoms with van der Waals surface area (Å²) in [5, 5.41) is 32.7. The summed E-state index contributed by atoms with van der Waals surface area (Å²) in [7, 11) is 1.33. The molecule has 0 heterocycles. The number of carboxylic acid groups (broad SMARTS) is 1. The van der Waals surface area contributed by atoms with Gasteiger partial charge in [-0.2, -0.15) is 0 Å². The van der Waals surface area contributed by atoms with Gasteiger partial charge in [0.1, 0.15) is 12.7 Å². The van der Waals surface area contributed by atoms with Crippen LogP contribution in [0.25, 0.3) is 11.1 Å². The first kappa shape index (κ1) is 27.8. The summed E-state index contributed by atoms with van der Waals surface area (Å²) in [5.41, 5.74) is 2.35. The minimum atomic E-state index is -1.78. The van der Waals surface area contributed by atoms with E-state index in [2.05, 4.69) is 5.32 Å². The largest absolute Gasteiger partial charge is 0.481 e. The van der Waals surface area contributed by atoms with Gasteiger partial charge < -0.3 is 25.4 Å². The molecule has 0 aliphatic carbocycles. The first-order valence-corrected chi connectivity index (χ1v) is 11.3. The number of ketones is 1. The summed E-state index contributed by atoms with van der Waals surface area (Å²) in [5.74, 6) is -2.38. The van der Waals surface area contributed by atoms with Gasteiger partial charge in [0, 0.05) is 23.6 Å². The lowest BCUT2D eigenvalue weighted by Gasteiger charge is -2.23. The highest BCUT2D eigenvalue weighted by molar-refractivity contribution is 6.35. The number of aliphatic hydroxyl groups excluding tert-OH is 2. The monoisotopic (exact) mass is 511 g/mol. The molecule has 8 nitrogen and oxygen atoms in total. The summed E-state index contributed by atoms with van der Waals surface area (Å²) < 4.78 is 4.79. The van der Waals surface area contributed by atoms with Crippen LogP contribution in [0.2, 0.25) is 10.0 Å². The zero-order valence-corrected chi connectivity index (χ0v) is 20.1. The van der Waals surface area contributed by atoms with Crippen molar-refractivity contribution in [3.63, 3.8) is 0 Å². The van der Waals surface area contributed by atoms with Gasteiger partial charge in [0.2, 0.25) is 5.91 Å². The summed E-state index contributed by atoms with van der Waals surface area (Å²) in [6.45, 7) is -0.282. The number of amides is 1. The number of methoxy groups -OCH3 is 1. The van der Waals surface area contributed by atoms with E-state index in [-0.39, 0.29) is 32.3 Å². The zero-order valence-electron chi connectivity index (χ0n) is 18.5. The zero-order chi connectivity index (χ0) is 25.3. The molecule has 3 unspecified atom stereocenters. The van der Waals surface area contributed by atoms with Gasteiger partial charge >= 0.3 is 5.97 Å². The molecular formula is C24H27Cl2NO7. The molecule has 0 aliphatic heterocycles. The highest BCUT2D eigenvalue weighted by Crippen LogP contribution is 2.27. The van der Waals surface area contributed by atoms with E-state index in [9.17, 15) is 24.6 Å². The van der Waals surface area contributed by atoms with E-state index >= 15 is 0 Å². The average molecular weight is 512 g/mol. The number of aliphatic carboxylic acids is 1. The number of hydrogen-bond acceptors (Lipinski definition) is 6. The van der Waals surface area contributed by atoms with E-state index in [1.807, 2.05) is 12.1 Å². The van der Waals surface area contributed by atoms with Crippen LogP contribution in [0, 0.1) is 0 Å². The molecule has 2 rings (SSSR count). The maximum absolute atomic E-state index is 12.9. The van der Waals surface area contributed by atoms with E-state index in [0.29, 0.717) is 15.6 Å². The molecule has 3 atom stereocenters. The van der Waals surface area contributed by atoms with Crippen molar-refractivity contribution in [2.75, 3.05) is 13.7 Å². The molecular weight excluding hydrogens is 485 g/mol. The molecule has 184 valence electrons. The van der Waals surface area contributed by atoms with Crippen molar-refractivity contribution in [1.29, 1.82) is 0 Å². The van der Waals surface area contributed by atoms with Crippen molar-refractivity contribution < 1.29 is 34.4 Å². The molecule has 0 radical (unpaired) electrons. The van der Waals surface area contributed by atoms with E-state index in [1.165, 1.54) is 7.11 Å². The third-order valence-electron chi connectivity index (χ3n) is 5.09. The van der Waals surface area contributed by atoms with Gasteiger partial charge in [0.15, 0.2) is 5.78 Å². The Bertz CT molecular complexity index is 977. The molecule has 0 bridgehead atoms. The molecule has 2 aromatic rings. The van der Waals surface area contributed by atoms with E-state index < -0.39 is 35.9 Å². The van der Waals surface area contributed by atoms with E-state index in [0.717, 1.165) is 11.1 Å². The standard InChI is InChI=1S/C24H27Cl2NO7/c1-34-13-21(29)27-19(23(32)24(33)20(28)3-2-4-22(30)31)9-14-5-7-15(8-6-14)16-10-17(25)12-18(26)11-16/h5-8,10-12,19-20,24,28,33H,2-4,9,13H2,1H3,(H,27,29)(H,30,31). The number of Topliss-reactive ketones (excluding diaryl/α,β-unsaturated/α-hetero) is 1. The second-order valence-electron chi connectivity index (χ2n) is 7.81. The lowest BCUT2D eigenvalue weighted by molar-refractivity contribution is -0.139. The number of halogens is 2. The van der Waals surface area contributed by atoms with Crippen LogP contribution < -0.4 is 5.32 Å². The fourth-order valence-electron chi connectivity index (χ4n) is 3.40. The highest BCUT2D eigenvalue weighted by atomic mass is 35.5. The van der Waals surface area contributed by atoms with Crippen LogP contribution in [0.4, 0.5) is 0 Å². The Kier molecular flexibility index (Phi) is 10.9. The first-order chi connectivity index (χ1) is 16.1. The number of carbonyl (C=O) groups excluding carboxylic acids is 2. The molecule has 0 fully saturated rings. The number of ether oxygens (including phenoxy) is 1. The second-order valence-corrected chi connectivity index (χ2v) is 8.69. The van der Waals surface area contributed by atoms with Gasteiger partial charge in [-0.25, -0.2) is 0 Å². The third-order valence-corrected chi connectivity index (χ3v) is 5.53. The first-order valence-electron chi connectivity index (χ1n) is 10.6. The number of aliphatic hydroxyl groups is 2. The normalized spacial score (nSPS) is 13.7. The second kappa shape index (κ2) is 13.4. The van der Waals surface area contributed by atoms with Crippen molar-refractivity contribution in [3.8, 4) is 11.1 Å². The highest BCUT2D eigenvalue weighted by Gasteiger charge is 2.31. The molecule has 0 saturated heterocycles. The van der Waals surface area contributed by atoms with Crippen molar-refractivity contribution in [1.82, 2.24) is 5.32 Å². The van der Waals surface area contributed by atoms with Crippen molar-refractivity contribution in [2.45, 2.75) is 43.9 Å². The third kappa shape index (κ3) is 8.70. The Morgan fingerprint density at radius 1 is 1.00 bits per heavy atom. The maximum atomic E-state index is 12.9. The molecule has 0 aromatic heterocycles. The predicted octanol–water partition coefficient (Wildman–Crippen LogP) is 2.88. The maximum Gasteiger partial charge on any atom is 0.303 e. The molecule has 1 amide bonds. The number of rotatable bonds is 13. The molecule has 10 heteroatoms.